The summed E-state index contributed by atoms with van der Waals surface area (Å²) in [5.74, 6) is 0.604. The van der Waals surface area contributed by atoms with Gasteiger partial charge in [-0.3, -0.25) is 4.79 Å². The predicted molar refractivity (Wildman–Crippen MR) is 99.8 cm³/mol. The van der Waals surface area contributed by atoms with Gasteiger partial charge in [-0.15, -0.1) is 0 Å². The number of aromatic hydroxyl groups is 1. The van der Waals surface area contributed by atoms with E-state index in [2.05, 4.69) is 10.5 Å². The summed E-state index contributed by atoms with van der Waals surface area (Å²) in [6.45, 7) is -0.149. The number of rotatable bonds is 6. The molecule has 3 rings (SSSR count). The minimum absolute atomic E-state index is 0.00224. The van der Waals surface area contributed by atoms with Crippen LogP contribution in [0.2, 0.25) is 0 Å². The molecule has 0 radical (unpaired) electrons. The Morgan fingerprint density at radius 2 is 1.92 bits per heavy atom. The summed E-state index contributed by atoms with van der Waals surface area (Å²) >= 11 is 0. The van der Waals surface area contributed by atoms with E-state index in [0.717, 1.165) is 10.8 Å². The van der Waals surface area contributed by atoms with Crippen LogP contribution < -0.4 is 14.9 Å². The van der Waals surface area contributed by atoms with Crippen LogP contribution in [0.25, 0.3) is 10.8 Å². The van der Waals surface area contributed by atoms with Crippen molar-refractivity contribution in [2.45, 2.75) is 0 Å². The number of amides is 1. The van der Waals surface area contributed by atoms with Gasteiger partial charge < -0.3 is 14.6 Å². The lowest BCUT2D eigenvalue weighted by atomic mass is 10.1. The standard InChI is InChI=1S/C20H18N2O4/c1-25-19-9-6-14(10-18(19)23)12-21-22-20(24)13-26-17-8-7-15-4-2-3-5-16(15)11-17/h2-12,23H,13H2,1H3,(H,22,24)/b21-12-. The summed E-state index contributed by atoms with van der Waals surface area (Å²) in [6, 6.07) is 18.4. The van der Waals surface area contributed by atoms with Gasteiger partial charge in [0, 0.05) is 0 Å². The molecule has 6 nitrogen and oxygen atoms in total. The van der Waals surface area contributed by atoms with E-state index in [1.807, 2.05) is 42.5 Å². The third-order valence-corrected chi connectivity index (χ3v) is 3.70. The SMILES string of the molecule is COc1ccc(/C=N\NC(=O)COc2ccc3ccccc3c2)cc1O. The van der Waals surface area contributed by atoms with Crippen molar-refractivity contribution in [1.82, 2.24) is 5.43 Å². The molecule has 6 heteroatoms. The maximum atomic E-state index is 11.8. The molecule has 0 saturated carbocycles. The van der Waals surface area contributed by atoms with Crippen LogP contribution in [0.15, 0.2) is 65.8 Å². The molecule has 2 N–H and O–H groups in total. The smallest absolute Gasteiger partial charge is 0.277 e. The molecular weight excluding hydrogens is 332 g/mol. The summed E-state index contributed by atoms with van der Waals surface area (Å²) in [4.78, 5) is 11.8. The maximum absolute atomic E-state index is 11.8. The van der Waals surface area contributed by atoms with Gasteiger partial charge in [0.05, 0.1) is 13.3 Å². The number of hydrazone groups is 1. The monoisotopic (exact) mass is 350 g/mol. The number of nitrogens with zero attached hydrogens (tertiary/aromatic N) is 1. The number of phenolic OH excluding ortho intramolecular Hbond substituents is 1. The molecule has 0 heterocycles. The average Bonchev–Trinajstić information content (AvgIpc) is 2.66. The van der Waals surface area contributed by atoms with Crippen molar-refractivity contribution in [2.75, 3.05) is 13.7 Å². The van der Waals surface area contributed by atoms with Crippen LogP contribution in [0, 0.1) is 0 Å². The van der Waals surface area contributed by atoms with Crippen LogP contribution in [0.5, 0.6) is 17.2 Å². The molecule has 0 atom stereocenters. The Hall–Kier alpha value is -3.54. The Morgan fingerprint density at radius 3 is 2.69 bits per heavy atom. The van der Waals surface area contributed by atoms with Gasteiger partial charge in [0.1, 0.15) is 5.75 Å². The maximum Gasteiger partial charge on any atom is 0.277 e. The Morgan fingerprint density at radius 1 is 1.12 bits per heavy atom. The number of benzene rings is 3. The Balaban J connectivity index is 1.52. The zero-order chi connectivity index (χ0) is 18.4. The minimum Gasteiger partial charge on any atom is -0.504 e. The first-order chi connectivity index (χ1) is 12.7. The average molecular weight is 350 g/mol. The fourth-order valence-corrected chi connectivity index (χ4v) is 2.40. The van der Waals surface area contributed by atoms with Crippen LogP contribution in [0.3, 0.4) is 0 Å². The largest absolute Gasteiger partial charge is 0.504 e. The highest BCUT2D eigenvalue weighted by molar-refractivity contribution is 5.85. The highest BCUT2D eigenvalue weighted by Crippen LogP contribution is 2.25. The number of hydrogen-bond acceptors (Lipinski definition) is 5. The lowest BCUT2D eigenvalue weighted by Gasteiger charge is -2.06. The van der Waals surface area contributed by atoms with Gasteiger partial charge in [0.15, 0.2) is 18.1 Å². The normalized spacial score (nSPS) is 10.8. The van der Waals surface area contributed by atoms with E-state index in [1.165, 1.54) is 19.4 Å². The van der Waals surface area contributed by atoms with Crippen molar-refractivity contribution in [3.63, 3.8) is 0 Å². The minimum atomic E-state index is -0.382. The third kappa shape index (κ3) is 4.30. The van der Waals surface area contributed by atoms with E-state index in [4.69, 9.17) is 9.47 Å². The quantitative estimate of drug-likeness (QED) is 0.529. The second-order valence-electron chi connectivity index (χ2n) is 5.52. The number of methoxy groups -OCH3 is 1. The topological polar surface area (TPSA) is 80.2 Å². The van der Waals surface area contributed by atoms with Crippen LogP contribution >= 0.6 is 0 Å². The molecule has 0 spiro atoms. The van der Waals surface area contributed by atoms with Gasteiger partial charge in [0.2, 0.25) is 0 Å². The van der Waals surface area contributed by atoms with E-state index in [0.29, 0.717) is 17.1 Å². The first kappa shape index (κ1) is 17.3. The molecular formula is C20H18N2O4. The number of hydrogen-bond donors (Lipinski definition) is 2. The Bertz CT molecular complexity index is 953. The number of phenols is 1. The number of nitrogens with one attached hydrogen (secondary N) is 1. The van der Waals surface area contributed by atoms with Gasteiger partial charge in [-0.2, -0.15) is 5.10 Å². The van der Waals surface area contributed by atoms with Crippen molar-refractivity contribution < 1.29 is 19.4 Å². The van der Waals surface area contributed by atoms with Gasteiger partial charge >= 0.3 is 0 Å². The van der Waals surface area contributed by atoms with Crippen LogP contribution in [0.4, 0.5) is 0 Å². The molecule has 132 valence electrons. The highest BCUT2D eigenvalue weighted by Gasteiger charge is 2.03. The summed E-state index contributed by atoms with van der Waals surface area (Å²) in [6.07, 6.45) is 1.42. The fourth-order valence-electron chi connectivity index (χ4n) is 2.40. The molecule has 0 bridgehead atoms. The fraction of sp³-hybridized carbons (Fsp3) is 0.100. The van der Waals surface area contributed by atoms with E-state index in [1.54, 1.807) is 12.1 Å². The molecule has 0 aliphatic heterocycles. The summed E-state index contributed by atoms with van der Waals surface area (Å²) in [5, 5.41) is 15.7. The van der Waals surface area contributed by atoms with Crippen molar-refractivity contribution in [3.8, 4) is 17.2 Å². The first-order valence-corrected chi connectivity index (χ1v) is 7.96. The van der Waals surface area contributed by atoms with Crippen LogP contribution in [-0.2, 0) is 4.79 Å². The second-order valence-corrected chi connectivity index (χ2v) is 5.52. The molecule has 3 aromatic carbocycles. The molecule has 0 aromatic heterocycles. The lowest BCUT2D eigenvalue weighted by molar-refractivity contribution is -0.123. The van der Waals surface area contributed by atoms with Crippen molar-refractivity contribution in [3.05, 3.63) is 66.2 Å². The Kier molecular flexibility index (Phi) is 5.34. The second kappa shape index (κ2) is 8.02. The molecule has 0 aliphatic rings. The van der Waals surface area contributed by atoms with E-state index in [-0.39, 0.29) is 18.3 Å². The molecule has 3 aromatic rings. The molecule has 0 saturated heterocycles. The summed E-state index contributed by atoms with van der Waals surface area (Å²) in [7, 11) is 1.47. The number of ether oxygens (including phenoxy) is 2. The van der Waals surface area contributed by atoms with Crippen LogP contribution in [0.1, 0.15) is 5.56 Å². The molecule has 1 amide bonds. The lowest BCUT2D eigenvalue weighted by Crippen LogP contribution is -2.24. The third-order valence-electron chi connectivity index (χ3n) is 3.70. The van der Waals surface area contributed by atoms with Gasteiger partial charge in [0.25, 0.3) is 5.91 Å². The van der Waals surface area contributed by atoms with E-state index >= 15 is 0 Å². The zero-order valence-electron chi connectivity index (χ0n) is 14.2. The van der Waals surface area contributed by atoms with Gasteiger partial charge in [-0.1, -0.05) is 30.3 Å². The van der Waals surface area contributed by atoms with Gasteiger partial charge in [-0.05, 0) is 46.7 Å². The summed E-state index contributed by atoms with van der Waals surface area (Å²) < 4.78 is 10.4. The zero-order valence-corrected chi connectivity index (χ0v) is 14.2. The van der Waals surface area contributed by atoms with Gasteiger partial charge in [-0.25, -0.2) is 5.43 Å². The molecule has 0 aliphatic carbocycles. The van der Waals surface area contributed by atoms with E-state index < -0.39 is 0 Å². The first-order valence-electron chi connectivity index (χ1n) is 7.96. The molecule has 26 heavy (non-hydrogen) atoms. The van der Waals surface area contributed by atoms with E-state index in [9.17, 15) is 9.90 Å². The van der Waals surface area contributed by atoms with Crippen LogP contribution in [-0.4, -0.2) is 30.9 Å². The highest BCUT2D eigenvalue weighted by atomic mass is 16.5. The predicted octanol–water partition coefficient (Wildman–Crippen LogP) is 3.08. The summed E-state index contributed by atoms with van der Waals surface area (Å²) in [5.41, 5.74) is 3.00. The number of fused-ring (bicyclic) bond motifs is 1. The van der Waals surface area contributed by atoms with Crippen molar-refractivity contribution in [2.24, 2.45) is 5.10 Å². The van der Waals surface area contributed by atoms with Crippen molar-refractivity contribution >= 4 is 22.9 Å². The molecule has 0 unspecified atom stereocenters. The van der Waals surface area contributed by atoms with Crippen molar-refractivity contribution in [1.29, 1.82) is 0 Å². The molecule has 0 fully saturated rings. The number of carbonyl (C=O) groups is 1. The number of carbonyl (C=O) groups excluding carboxylic acids is 1. The Labute approximate surface area is 150 Å².